The zero-order valence-electron chi connectivity index (χ0n) is 17.5. The van der Waals surface area contributed by atoms with Crippen molar-refractivity contribution in [1.82, 2.24) is 29.9 Å². The van der Waals surface area contributed by atoms with E-state index in [1.165, 1.54) is 7.11 Å². The summed E-state index contributed by atoms with van der Waals surface area (Å²) in [4.78, 5) is 24.6. The molecule has 0 aromatic carbocycles. The highest BCUT2D eigenvalue weighted by Gasteiger charge is 2.11. The topological polar surface area (TPSA) is 125 Å². The minimum Gasteiger partial charge on any atom is -0.491 e. The zero-order chi connectivity index (χ0) is 22.3. The summed E-state index contributed by atoms with van der Waals surface area (Å²) in [6.07, 6.45) is 6.73. The summed E-state index contributed by atoms with van der Waals surface area (Å²) in [6.45, 7) is 0.616. The van der Waals surface area contributed by atoms with E-state index in [0.717, 1.165) is 11.1 Å². The van der Waals surface area contributed by atoms with Gasteiger partial charge in [-0.2, -0.15) is 4.98 Å². The Hall–Kier alpha value is -4.41. The van der Waals surface area contributed by atoms with Gasteiger partial charge in [-0.25, -0.2) is 14.3 Å². The van der Waals surface area contributed by atoms with Gasteiger partial charge in [-0.3, -0.25) is 10.3 Å². The second kappa shape index (κ2) is 9.60. The van der Waals surface area contributed by atoms with Crippen LogP contribution in [0, 0.1) is 0 Å². The van der Waals surface area contributed by atoms with Crippen molar-refractivity contribution >= 4 is 17.6 Å². The van der Waals surface area contributed by atoms with Crippen molar-refractivity contribution < 1.29 is 19.0 Å². The van der Waals surface area contributed by atoms with Crippen molar-refractivity contribution in [3.05, 3.63) is 55.1 Å². The van der Waals surface area contributed by atoms with Gasteiger partial charge < -0.3 is 19.5 Å². The third-order valence-corrected chi connectivity index (χ3v) is 4.41. The molecular formula is C21H21N7O4. The van der Waals surface area contributed by atoms with Crippen LogP contribution in [-0.2, 0) is 0 Å². The maximum atomic E-state index is 12.1. The largest absolute Gasteiger partial charge is 0.491 e. The van der Waals surface area contributed by atoms with Crippen LogP contribution >= 0.6 is 0 Å². The minimum atomic E-state index is -0.431. The molecule has 4 rings (SSSR count). The second-order valence-electron chi connectivity index (χ2n) is 6.51. The average molecular weight is 435 g/mol. The van der Waals surface area contributed by atoms with Crippen LogP contribution in [0.25, 0.3) is 16.8 Å². The lowest BCUT2D eigenvalue weighted by atomic mass is 10.1. The predicted molar refractivity (Wildman–Crippen MR) is 116 cm³/mol. The van der Waals surface area contributed by atoms with Crippen LogP contribution in [0.2, 0.25) is 0 Å². The lowest BCUT2D eigenvalue weighted by molar-refractivity contribution is 0.247. The molecule has 0 radical (unpaired) electrons. The van der Waals surface area contributed by atoms with Gasteiger partial charge in [0.15, 0.2) is 11.4 Å². The van der Waals surface area contributed by atoms with Crippen molar-refractivity contribution in [3.63, 3.8) is 0 Å². The van der Waals surface area contributed by atoms with Crippen molar-refractivity contribution in [3.8, 4) is 28.5 Å². The molecule has 0 unspecified atom stereocenters. The van der Waals surface area contributed by atoms with Crippen molar-refractivity contribution in [2.75, 3.05) is 32.7 Å². The summed E-state index contributed by atoms with van der Waals surface area (Å²) in [5.74, 6) is 1.74. The molecule has 164 valence electrons. The lowest BCUT2D eigenvalue weighted by Gasteiger charge is -2.08. The van der Waals surface area contributed by atoms with Gasteiger partial charge in [0.25, 0.3) is 11.8 Å². The maximum Gasteiger partial charge on any atom is 0.321 e. The highest BCUT2D eigenvalue weighted by Crippen LogP contribution is 2.29. The Morgan fingerprint density at radius 2 is 2.03 bits per heavy atom. The number of amides is 2. The highest BCUT2D eigenvalue weighted by atomic mass is 16.5. The van der Waals surface area contributed by atoms with E-state index in [4.69, 9.17) is 14.2 Å². The monoisotopic (exact) mass is 435 g/mol. The first kappa shape index (κ1) is 20.8. The van der Waals surface area contributed by atoms with Crippen LogP contribution in [0.4, 0.5) is 10.7 Å². The Morgan fingerprint density at radius 3 is 2.81 bits per heavy atom. The van der Waals surface area contributed by atoms with E-state index < -0.39 is 6.03 Å². The van der Waals surface area contributed by atoms with Crippen molar-refractivity contribution in [2.24, 2.45) is 0 Å². The molecule has 4 heterocycles. The second-order valence-corrected chi connectivity index (χ2v) is 6.51. The third-order valence-electron chi connectivity index (χ3n) is 4.41. The Kier molecular flexibility index (Phi) is 6.25. The number of hydrogen-bond acceptors (Lipinski definition) is 8. The van der Waals surface area contributed by atoms with Crippen LogP contribution in [0.15, 0.2) is 55.1 Å². The summed E-state index contributed by atoms with van der Waals surface area (Å²) in [5, 5.41) is 9.61. The Bertz CT molecular complexity index is 1210. The Labute approximate surface area is 183 Å². The number of methoxy groups -OCH3 is 2. The highest BCUT2D eigenvalue weighted by molar-refractivity contribution is 5.87. The average Bonchev–Trinajstić information content (AvgIpc) is 3.23. The summed E-state index contributed by atoms with van der Waals surface area (Å²) in [7, 11) is 3.09. The van der Waals surface area contributed by atoms with Gasteiger partial charge in [-0.05, 0) is 30.3 Å². The number of anilines is 1. The first-order valence-corrected chi connectivity index (χ1v) is 9.69. The molecule has 0 fully saturated rings. The summed E-state index contributed by atoms with van der Waals surface area (Å²) >= 11 is 0. The summed E-state index contributed by atoms with van der Waals surface area (Å²) in [6, 6.07) is 8.64. The van der Waals surface area contributed by atoms with Crippen LogP contribution in [0.1, 0.15) is 0 Å². The van der Waals surface area contributed by atoms with Gasteiger partial charge in [0.1, 0.15) is 12.4 Å². The molecule has 0 spiro atoms. The van der Waals surface area contributed by atoms with Crippen LogP contribution in [0.5, 0.6) is 17.4 Å². The van der Waals surface area contributed by atoms with Crippen LogP contribution in [-0.4, -0.2) is 58.0 Å². The lowest BCUT2D eigenvalue weighted by Crippen LogP contribution is -2.32. The predicted octanol–water partition coefficient (Wildman–Crippen LogP) is 2.40. The smallest absolute Gasteiger partial charge is 0.321 e. The molecule has 4 aromatic heterocycles. The van der Waals surface area contributed by atoms with E-state index >= 15 is 0 Å². The van der Waals surface area contributed by atoms with Gasteiger partial charge in [-0.1, -0.05) is 0 Å². The van der Waals surface area contributed by atoms with E-state index in [9.17, 15) is 4.79 Å². The number of urea groups is 1. The fourth-order valence-electron chi connectivity index (χ4n) is 2.91. The summed E-state index contributed by atoms with van der Waals surface area (Å²) < 4.78 is 17.5. The molecule has 0 aliphatic heterocycles. The van der Waals surface area contributed by atoms with E-state index in [0.29, 0.717) is 36.2 Å². The number of carbonyl (C=O) groups is 1. The first-order valence-electron chi connectivity index (χ1n) is 9.69. The molecule has 2 amide bonds. The minimum absolute atomic E-state index is 0.179. The maximum absolute atomic E-state index is 12.1. The normalized spacial score (nSPS) is 10.6. The SMILES string of the molecule is COc1cc(-c2ccc3nc(NC(=O)NCCOc4cccnc4)nn3c2)cnc1OC. The van der Waals surface area contributed by atoms with Crippen molar-refractivity contribution in [1.29, 1.82) is 0 Å². The number of nitrogens with zero attached hydrogens (tertiary/aromatic N) is 5. The van der Waals surface area contributed by atoms with Gasteiger partial charge in [-0.15, -0.1) is 5.10 Å². The fraction of sp³-hybridized carbons (Fsp3) is 0.190. The number of nitrogens with one attached hydrogen (secondary N) is 2. The quantitative estimate of drug-likeness (QED) is 0.404. The van der Waals surface area contributed by atoms with Gasteiger partial charge in [0.05, 0.1) is 27.0 Å². The number of carbonyl (C=O) groups excluding carboxylic acids is 1. The Balaban J connectivity index is 1.38. The number of pyridine rings is 3. The standard InChI is InChI=1S/C21H21N7O4/c1-30-17-10-15(11-24-19(17)31-2)14-5-6-18-25-20(27-28(18)13-14)26-21(29)23-8-9-32-16-4-3-7-22-12-16/h3-7,10-13H,8-9H2,1-2H3,(H2,23,26,27,29). The molecular weight excluding hydrogens is 414 g/mol. The number of ether oxygens (including phenoxy) is 3. The number of hydrogen-bond donors (Lipinski definition) is 2. The number of fused-ring (bicyclic) bond motifs is 1. The Morgan fingerprint density at radius 1 is 1.12 bits per heavy atom. The van der Waals surface area contributed by atoms with Crippen LogP contribution in [0.3, 0.4) is 0 Å². The van der Waals surface area contributed by atoms with E-state index in [-0.39, 0.29) is 5.95 Å². The summed E-state index contributed by atoms with van der Waals surface area (Å²) in [5.41, 5.74) is 2.25. The number of aromatic nitrogens is 5. The molecule has 0 saturated carbocycles. The molecule has 0 atom stereocenters. The molecule has 11 heteroatoms. The molecule has 0 aliphatic carbocycles. The van der Waals surface area contributed by atoms with Gasteiger partial charge in [0.2, 0.25) is 0 Å². The zero-order valence-corrected chi connectivity index (χ0v) is 17.5. The molecule has 2 N–H and O–H groups in total. The molecule has 11 nitrogen and oxygen atoms in total. The molecule has 4 aromatic rings. The van der Waals surface area contributed by atoms with E-state index in [1.807, 2.05) is 12.1 Å². The van der Waals surface area contributed by atoms with Gasteiger partial charge in [0, 0.05) is 29.7 Å². The number of rotatable bonds is 8. The van der Waals surface area contributed by atoms with Gasteiger partial charge >= 0.3 is 6.03 Å². The van der Waals surface area contributed by atoms with Crippen molar-refractivity contribution in [2.45, 2.75) is 0 Å². The first-order chi connectivity index (χ1) is 15.7. The molecule has 0 aliphatic rings. The van der Waals surface area contributed by atoms with E-state index in [2.05, 4.69) is 30.7 Å². The van der Waals surface area contributed by atoms with E-state index in [1.54, 1.807) is 54.6 Å². The molecule has 0 saturated heterocycles. The molecule has 32 heavy (non-hydrogen) atoms. The molecule has 0 bridgehead atoms. The fourth-order valence-corrected chi connectivity index (χ4v) is 2.91. The van der Waals surface area contributed by atoms with Crippen LogP contribution < -0.4 is 24.8 Å². The third kappa shape index (κ3) is 4.83.